The number of halogens is 2. The lowest BCUT2D eigenvalue weighted by Gasteiger charge is -2.21. The van der Waals surface area contributed by atoms with E-state index >= 15 is 0 Å². The highest BCUT2D eigenvalue weighted by atomic mass is 127. The van der Waals surface area contributed by atoms with Crippen molar-refractivity contribution in [2.24, 2.45) is 0 Å². The van der Waals surface area contributed by atoms with Gasteiger partial charge >= 0.3 is 5.69 Å². The van der Waals surface area contributed by atoms with Crippen molar-refractivity contribution in [1.82, 2.24) is 14.4 Å². The summed E-state index contributed by atoms with van der Waals surface area (Å²) in [5.41, 5.74) is 1.96. The third-order valence-corrected chi connectivity index (χ3v) is 6.42. The van der Waals surface area contributed by atoms with Gasteiger partial charge in [-0.15, -0.1) is 0 Å². The van der Waals surface area contributed by atoms with Crippen molar-refractivity contribution < 1.29 is 0 Å². The second-order valence-electron chi connectivity index (χ2n) is 4.74. The first-order chi connectivity index (χ1) is 8.68. The van der Waals surface area contributed by atoms with Crippen LogP contribution in [-0.2, 0) is 0 Å². The molecule has 1 aliphatic carbocycles. The van der Waals surface area contributed by atoms with Gasteiger partial charge in [0, 0.05) is 11.8 Å². The van der Waals surface area contributed by atoms with E-state index in [1.165, 1.54) is 37.7 Å². The Bertz CT molecular complexity index is 641. The van der Waals surface area contributed by atoms with E-state index in [1.807, 2.05) is 6.20 Å². The Kier molecular flexibility index (Phi) is 3.65. The summed E-state index contributed by atoms with van der Waals surface area (Å²) in [5, 5.41) is 0. The van der Waals surface area contributed by atoms with Gasteiger partial charge in [-0.05, 0) is 63.9 Å². The fraction of sp³-hybridized carbons (Fsp3) is 0.500. The molecule has 2 aromatic rings. The van der Waals surface area contributed by atoms with Crippen molar-refractivity contribution in [3.63, 3.8) is 0 Å². The van der Waals surface area contributed by atoms with Crippen LogP contribution in [0, 0.1) is 7.40 Å². The largest absolute Gasteiger partial charge is 0.332 e. The minimum Gasteiger partial charge on any atom is -0.313 e. The predicted molar refractivity (Wildman–Crippen MR) is 87.1 cm³/mol. The minimum atomic E-state index is -0.0932. The van der Waals surface area contributed by atoms with Crippen LogP contribution in [0.15, 0.2) is 11.0 Å². The summed E-state index contributed by atoms with van der Waals surface area (Å²) >= 11 is 4.37. The summed E-state index contributed by atoms with van der Waals surface area (Å²) in [4.78, 5) is 19.3. The number of nitrogens with zero attached hydrogens (tertiary/aromatic N) is 2. The Morgan fingerprint density at radius 3 is 2.72 bits per heavy atom. The number of rotatable bonds is 1. The number of H-pyrrole nitrogens is 1. The lowest BCUT2D eigenvalue weighted by Crippen LogP contribution is -2.19. The molecule has 0 saturated heterocycles. The van der Waals surface area contributed by atoms with Gasteiger partial charge < -0.3 is 4.98 Å². The highest BCUT2D eigenvalue weighted by molar-refractivity contribution is 14.1. The van der Waals surface area contributed by atoms with Crippen LogP contribution in [0.25, 0.3) is 5.65 Å². The number of imidazole rings is 1. The molecule has 0 atom stereocenters. The quantitative estimate of drug-likeness (QED) is 0.653. The van der Waals surface area contributed by atoms with E-state index in [4.69, 9.17) is 0 Å². The first-order valence-corrected chi connectivity index (χ1v) is 8.29. The van der Waals surface area contributed by atoms with Crippen molar-refractivity contribution in [3.05, 3.63) is 29.6 Å². The Labute approximate surface area is 132 Å². The smallest absolute Gasteiger partial charge is 0.313 e. The molecule has 0 aliphatic heterocycles. The van der Waals surface area contributed by atoms with E-state index < -0.39 is 0 Å². The van der Waals surface area contributed by atoms with Crippen molar-refractivity contribution in [1.29, 1.82) is 0 Å². The van der Waals surface area contributed by atoms with Crippen LogP contribution in [0.2, 0.25) is 0 Å². The summed E-state index contributed by atoms with van der Waals surface area (Å²) in [7, 11) is 0. The van der Waals surface area contributed by atoms with Crippen LogP contribution < -0.4 is 5.69 Å². The van der Waals surface area contributed by atoms with Gasteiger partial charge in [-0.1, -0.05) is 19.3 Å². The zero-order chi connectivity index (χ0) is 12.7. The molecule has 18 heavy (non-hydrogen) atoms. The zero-order valence-electron chi connectivity index (χ0n) is 9.75. The molecule has 96 valence electrons. The molecule has 0 unspecified atom stereocenters. The minimum absolute atomic E-state index is 0.0932. The highest BCUT2D eigenvalue weighted by Gasteiger charge is 2.21. The molecule has 6 heteroatoms. The molecule has 2 heterocycles. The molecule has 0 spiro atoms. The van der Waals surface area contributed by atoms with Crippen molar-refractivity contribution in [2.75, 3.05) is 0 Å². The molecule has 0 amide bonds. The van der Waals surface area contributed by atoms with Gasteiger partial charge in [0.2, 0.25) is 0 Å². The van der Waals surface area contributed by atoms with Crippen LogP contribution in [0.1, 0.15) is 43.6 Å². The molecule has 1 N–H and O–H groups in total. The van der Waals surface area contributed by atoms with E-state index in [-0.39, 0.29) is 5.69 Å². The van der Waals surface area contributed by atoms with Crippen molar-refractivity contribution in [2.45, 2.75) is 38.0 Å². The maximum Gasteiger partial charge on any atom is 0.332 e. The maximum absolute atomic E-state index is 11.9. The van der Waals surface area contributed by atoms with Crippen molar-refractivity contribution >= 4 is 50.8 Å². The number of aromatic amines is 1. The Morgan fingerprint density at radius 1 is 1.28 bits per heavy atom. The van der Waals surface area contributed by atoms with Gasteiger partial charge in [-0.25, -0.2) is 14.2 Å². The van der Waals surface area contributed by atoms with E-state index in [0.29, 0.717) is 5.92 Å². The normalized spacial score (nSPS) is 17.4. The lowest BCUT2D eigenvalue weighted by atomic mass is 9.85. The van der Waals surface area contributed by atoms with E-state index in [0.717, 1.165) is 13.0 Å². The molecule has 0 radical (unpaired) electrons. The molecule has 3 rings (SSSR count). The van der Waals surface area contributed by atoms with Crippen LogP contribution in [0.5, 0.6) is 0 Å². The number of hydrogen-bond donors (Lipinski definition) is 1. The van der Waals surface area contributed by atoms with Gasteiger partial charge in [-0.2, -0.15) is 0 Å². The summed E-state index contributed by atoms with van der Waals surface area (Å²) in [6, 6.07) is 0. The fourth-order valence-electron chi connectivity index (χ4n) is 2.74. The molecule has 1 aliphatic rings. The average molecular weight is 469 g/mol. The Morgan fingerprint density at radius 2 is 2.00 bits per heavy atom. The summed E-state index contributed by atoms with van der Waals surface area (Å²) in [5.74, 6) is 0.548. The van der Waals surface area contributed by atoms with Crippen LogP contribution in [0.3, 0.4) is 0 Å². The SMILES string of the molecule is O=c1[nH]cc(C2CCCCC2)c2nc(I)c(I)n12. The standard InChI is InChI=1S/C12H13I2N3O/c13-9-10(14)17-11(16-9)8(6-15-12(17)18)7-4-2-1-3-5-7/h6-7H,1-5H2,(H,15,18). The van der Waals surface area contributed by atoms with Crippen LogP contribution in [-0.4, -0.2) is 14.4 Å². The first-order valence-electron chi connectivity index (χ1n) is 6.13. The van der Waals surface area contributed by atoms with Gasteiger partial charge in [0.15, 0.2) is 0 Å². The number of hydrogen-bond acceptors (Lipinski definition) is 2. The van der Waals surface area contributed by atoms with E-state index in [2.05, 4.69) is 55.1 Å². The summed E-state index contributed by atoms with van der Waals surface area (Å²) in [6.07, 6.45) is 8.19. The topological polar surface area (TPSA) is 50.2 Å². The highest BCUT2D eigenvalue weighted by Crippen LogP contribution is 2.34. The third-order valence-electron chi connectivity index (χ3n) is 3.64. The van der Waals surface area contributed by atoms with Crippen LogP contribution in [0.4, 0.5) is 0 Å². The Balaban J connectivity index is 2.21. The van der Waals surface area contributed by atoms with E-state index in [1.54, 1.807) is 4.40 Å². The van der Waals surface area contributed by atoms with Crippen molar-refractivity contribution in [3.8, 4) is 0 Å². The molecular weight excluding hydrogens is 456 g/mol. The van der Waals surface area contributed by atoms with Gasteiger partial charge in [0.05, 0.1) is 0 Å². The molecule has 4 nitrogen and oxygen atoms in total. The van der Waals surface area contributed by atoms with Gasteiger partial charge in [0.25, 0.3) is 0 Å². The molecule has 0 aromatic carbocycles. The summed E-state index contributed by atoms with van der Waals surface area (Å²) in [6.45, 7) is 0. The van der Waals surface area contributed by atoms with Gasteiger partial charge in [0.1, 0.15) is 13.0 Å². The number of aromatic nitrogens is 3. The number of fused-ring (bicyclic) bond motifs is 1. The second-order valence-corrected chi connectivity index (χ2v) is 6.78. The molecular formula is C12H13I2N3O. The average Bonchev–Trinajstić information content (AvgIpc) is 2.68. The molecule has 1 fully saturated rings. The number of nitrogens with one attached hydrogen (secondary N) is 1. The van der Waals surface area contributed by atoms with Crippen LogP contribution >= 0.6 is 45.2 Å². The fourth-order valence-corrected chi connectivity index (χ4v) is 3.77. The second kappa shape index (κ2) is 5.10. The molecule has 1 saturated carbocycles. The predicted octanol–water partition coefficient (Wildman–Crippen LogP) is 3.28. The molecule has 0 bridgehead atoms. The first kappa shape index (κ1) is 12.9. The lowest BCUT2D eigenvalue weighted by molar-refractivity contribution is 0.443. The summed E-state index contributed by atoms with van der Waals surface area (Å²) < 4.78 is 3.51. The monoisotopic (exact) mass is 469 g/mol. The third kappa shape index (κ3) is 2.10. The Hall–Kier alpha value is -0.120. The van der Waals surface area contributed by atoms with Gasteiger partial charge in [-0.3, -0.25) is 0 Å². The molecule has 2 aromatic heterocycles. The van der Waals surface area contributed by atoms with E-state index in [9.17, 15) is 4.79 Å². The maximum atomic E-state index is 11.9. The zero-order valence-corrected chi connectivity index (χ0v) is 14.1.